The number of aliphatic hydroxyl groups excluding tert-OH is 1. The van der Waals surface area contributed by atoms with Crippen LogP contribution in [0.1, 0.15) is 290 Å². The fourth-order valence-corrected chi connectivity index (χ4v) is 9.31. The molecule has 1 fully saturated rings. The lowest BCUT2D eigenvalue weighted by molar-refractivity contribution is -0.169. The number of hydrogen-bond acceptors (Lipinski definition) is 8. The summed E-state index contributed by atoms with van der Waals surface area (Å²) in [6, 6.07) is 0. The lowest BCUT2D eigenvalue weighted by atomic mass is 10.0. The summed E-state index contributed by atoms with van der Waals surface area (Å²) in [5.41, 5.74) is 0. The van der Waals surface area contributed by atoms with Crippen LogP contribution in [0.25, 0.3) is 0 Å². The first-order valence-electron chi connectivity index (χ1n) is 29.3. The van der Waals surface area contributed by atoms with Crippen molar-refractivity contribution in [3.63, 3.8) is 0 Å². The van der Waals surface area contributed by atoms with Crippen LogP contribution in [0.3, 0.4) is 0 Å². The maximum atomic E-state index is 13.1. The van der Waals surface area contributed by atoms with Crippen molar-refractivity contribution in [2.75, 3.05) is 13.2 Å². The molecule has 1 aliphatic heterocycles. The highest BCUT2D eigenvalue weighted by atomic mass is 16.6. The van der Waals surface area contributed by atoms with Gasteiger partial charge in [0.25, 0.3) is 0 Å². The van der Waals surface area contributed by atoms with Gasteiger partial charge < -0.3 is 24.1 Å². The molecule has 396 valence electrons. The van der Waals surface area contributed by atoms with Crippen molar-refractivity contribution in [3.05, 3.63) is 36.5 Å². The Kier molecular flexibility index (Phi) is 46.3. The molecule has 1 saturated heterocycles. The first-order chi connectivity index (χ1) is 33.5. The Bertz CT molecular complexity index is 1230. The second-order valence-electron chi connectivity index (χ2n) is 20.1. The third-order valence-corrected chi connectivity index (χ3v) is 13.7. The van der Waals surface area contributed by atoms with E-state index in [1.165, 1.54) is 230 Å². The average Bonchev–Trinajstić information content (AvgIpc) is 3.72. The number of esters is 3. The number of aliphatic hydroxyl groups is 1. The molecule has 8 nitrogen and oxygen atoms in total. The molecule has 4 atom stereocenters. The normalized spacial score (nSPS) is 16.7. The molecule has 0 unspecified atom stereocenters. The van der Waals surface area contributed by atoms with Crippen LogP contribution in [0.4, 0.5) is 0 Å². The van der Waals surface area contributed by atoms with Gasteiger partial charge in [-0.15, -0.1) is 0 Å². The van der Waals surface area contributed by atoms with E-state index in [9.17, 15) is 19.5 Å². The molecule has 1 N–H and O–H groups in total. The van der Waals surface area contributed by atoms with Gasteiger partial charge in [-0.25, -0.2) is 14.4 Å². The number of hydrogen-bond donors (Lipinski definition) is 1. The van der Waals surface area contributed by atoms with Crippen molar-refractivity contribution in [2.24, 2.45) is 0 Å². The van der Waals surface area contributed by atoms with Gasteiger partial charge in [-0.2, -0.15) is 0 Å². The average molecular weight is 958 g/mol. The van der Waals surface area contributed by atoms with E-state index in [1.807, 2.05) is 18.2 Å². The quantitative estimate of drug-likeness (QED) is 0.0278. The molecule has 1 rings (SSSR count). The van der Waals surface area contributed by atoms with Gasteiger partial charge >= 0.3 is 17.9 Å². The number of allylic oxidation sites excluding steroid dienone is 3. The minimum absolute atomic E-state index is 0.0489. The number of ether oxygens (including phenoxy) is 4. The first kappa shape index (κ1) is 63.6. The first-order valence-corrected chi connectivity index (χ1v) is 29.3. The zero-order chi connectivity index (χ0) is 49.2. The highest BCUT2D eigenvalue weighted by Crippen LogP contribution is 2.26. The van der Waals surface area contributed by atoms with Gasteiger partial charge in [-0.05, 0) is 38.5 Å². The molecule has 1 aliphatic rings. The van der Waals surface area contributed by atoms with E-state index in [2.05, 4.69) is 20.8 Å². The van der Waals surface area contributed by atoms with E-state index in [4.69, 9.17) is 18.9 Å². The Balaban J connectivity index is 2.56. The van der Waals surface area contributed by atoms with Gasteiger partial charge in [0.2, 0.25) is 0 Å². The summed E-state index contributed by atoms with van der Waals surface area (Å²) in [6.45, 7) is 6.21. The standard InChI is InChI=1S/C60H108O8/c1-4-7-10-13-16-19-22-25-28-31-34-37-40-43-46-49-56(62)66-54(52-61)59-60(68-58(64)51-48-45-42-39-36-33-30-27-24-21-18-15-12-9-6-3)55(53-65-59)67-57(63)50-47-44-41-38-35-32-29-26-23-20-17-14-11-8-5-2/h46-51,54-55,59-61H,4-45,52-53H2,1-3H3/t54-,55+,59-,60-/m1/s1. The Hall–Kier alpha value is -2.45. The summed E-state index contributed by atoms with van der Waals surface area (Å²) >= 11 is 0. The predicted molar refractivity (Wildman–Crippen MR) is 285 cm³/mol. The van der Waals surface area contributed by atoms with Gasteiger partial charge in [0.1, 0.15) is 6.10 Å². The molecule has 0 bridgehead atoms. The molecule has 0 aromatic carbocycles. The topological polar surface area (TPSA) is 108 Å². The summed E-state index contributed by atoms with van der Waals surface area (Å²) in [5, 5.41) is 10.4. The molecule has 68 heavy (non-hydrogen) atoms. The van der Waals surface area contributed by atoms with E-state index < -0.39 is 48.9 Å². The van der Waals surface area contributed by atoms with Crippen molar-refractivity contribution in [2.45, 2.75) is 315 Å². The van der Waals surface area contributed by atoms with Crippen LogP contribution in [-0.4, -0.2) is 60.6 Å². The van der Waals surface area contributed by atoms with E-state index in [0.717, 1.165) is 57.8 Å². The fraction of sp³-hybridized carbons (Fsp3) is 0.850. The summed E-state index contributed by atoms with van der Waals surface area (Å²) in [4.78, 5) is 39.0. The van der Waals surface area contributed by atoms with Crippen molar-refractivity contribution in [1.29, 1.82) is 0 Å². The van der Waals surface area contributed by atoms with Crippen LogP contribution in [0.5, 0.6) is 0 Å². The molecule has 0 aliphatic carbocycles. The van der Waals surface area contributed by atoms with E-state index in [-0.39, 0.29) is 6.61 Å². The lowest BCUT2D eigenvalue weighted by Gasteiger charge is -2.27. The zero-order valence-electron chi connectivity index (χ0n) is 44.7. The van der Waals surface area contributed by atoms with Crippen LogP contribution >= 0.6 is 0 Å². The van der Waals surface area contributed by atoms with E-state index >= 15 is 0 Å². The maximum Gasteiger partial charge on any atom is 0.330 e. The third kappa shape index (κ3) is 39.3. The fourth-order valence-electron chi connectivity index (χ4n) is 9.31. The predicted octanol–water partition coefficient (Wildman–Crippen LogP) is 17.2. The van der Waals surface area contributed by atoms with Gasteiger partial charge in [-0.3, -0.25) is 0 Å². The number of unbranched alkanes of at least 4 members (excludes halogenated alkanes) is 39. The van der Waals surface area contributed by atoms with Crippen molar-refractivity contribution < 1.29 is 38.4 Å². The van der Waals surface area contributed by atoms with Crippen LogP contribution in [0.2, 0.25) is 0 Å². The van der Waals surface area contributed by atoms with Gasteiger partial charge in [0, 0.05) is 18.2 Å². The third-order valence-electron chi connectivity index (χ3n) is 13.7. The second-order valence-corrected chi connectivity index (χ2v) is 20.1. The Labute approximate surface area is 419 Å². The molecular weight excluding hydrogens is 849 g/mol. The second kappa shape index (κ2) is 49.5. The minimum Gasteiger partial charge on any atom is -0.454 e. The highest BCUT2D eigenvalue weighted by molar-refractivity contribution is 5.83. The van der Waals surface area contributed by atoms with Crippen molar-refractivity contribution in [1.82, 2.24) is 0 Å². The molecule has 0 saturated carbocycles. The molecule has 1 heterocycles. The van der Waals surface area contributed by atoms with E-state index in [0.29, 0.717) is 0 Å². The van der Waals surface area contributed by atoms with Crippen LogP contribution in [-0.2, 0) is 33.3 Å². The Morgan fingerprint density at radius 1 is 0.426 bits per heavy atom. The maximum absolute atomic E-state index is 13.1. The molecule has 8 heteroatoms. The van der Waals surface area contributed by atoms with Crippen LogP contribution in [0.15, 0.2) is 36.5 Å². The lowest BCUT2D eigenvalue weighted by Crippen LogP contribution is -2.46. The summed E-state index contributed by atoms with van der Waals surface area (Å²) in [7, 11) is 0. The number of carbonyl (C=O) groups is 3. The summed E-state index contributed by atoms with van der Waals surface area (Å²) in [6.07, 6.45) is 58.2. The molecule has 0 amide bonds. The van der Waals surface area contributed by atoms with Crippen LogP contribution in [0, 0.1) is 0 Å². The van der Waals surface area contributed by atoms with Gasteiger partial charge in [0.05, 0.1) is 13.2 Å². The number of carbonyl (C=O) groups excluding carboxylic acids is 3. The van der Waals surface area contributed by atoms with Crippen molar-refractivity contribution >= 4 is 17.9 Å². The van der Waals surface area contributed by atoms with Crippen molar-refractivity contribution in [3.8, 4) is 0 Å². The summed E-state index contributed by atoms with van der Waals surface area (Å²) < 4.78 is 23.3. The molecule has 0 aromatic heterocycles. The Morgan fingerprint density at radius 2 is 0.706 bits per heavy atom. The SMILES string of the molecule is CCCCCCCCCCCCCCCC=CC(=O)O[C@H]1[C@@H]([C@@H](CO)OC(=O)C=CCCCCCCCCCCCCCCC)OC[C@@H]1OC(=O)C=CCCCCCCCCCCCCCCC. The molecular formula is C60H108O8. The van der Waals surface area contributed by atoms with Gasteiger partial charge in [-0.1, -0.05) is 270 Å². The highest BCUT2D eigenvalue weighted by Gasteiger charge is 2.47. The van der Waals surface area contributed by atoms with Crippen LogP contribution < -0.4 is 0 Å². The monoisotopic (exact) mass is 957 g/mol. The molecule has 0 radical (unpaired) electrons. The zero-order valence-corrected chi connectivity index (χ0v) is 44.7. The van der Waals surface area contributed by atoms with Gasteiger partial charge in [0.15, 0.2) is 18.3 Å². The summed E-state index contributed by atoms with van der Waals surface area (Å²) in [5.74, 6) is -1.72. The minimum atomic E-state index is -1.11. The largest absolute Gasteiger partial charge is 0.454 e. The molecule has 0 spiro atoms. The molecule has 0 aromatic rings. The van der Waals surface area contributed by atoms with E-state index in [1.54, 1.807) is 0 Å². The smallest absolute Gasteiger partial charge is 0.330 e. The number of rotatable bonds is 50. The Morgan fingerprint density at radius 3 is 1.01 bits per heavy atom.